The molecule has 0 bridgehead atoms. The second-order valence-electron chi connectivity index (χ2n) is 1.93. The third-order valence-corrected chi connectivity index (χ3v) is 1.32. The average Bonchev–Trinajstić information content (AvgIpc) is 1.86. The Balaban J connectivity index is 4.40. The zero-order valence-electron chi connectivity index (χ0n) is 5.30. The minimum atomic E-state index is -2.35. The van der Waals surface area contributed by atoms with Crippen molar-refractivity contribution in [3.63, 3.8) is 0 Å². The van der Waals surface area contributed by atoms with Gasteiger partial charge in [0.25, 0.3) is 0 Å². The lowest BCUT2D eigenvalue weighted by atomic mass is 10.0. The fourth-order valence-electron chi connectivity index (χ4n) is 0.249. The third kappa shape index (κ3) is 1.68. The number of carbonyl (C=O) groups is 2. The van der Waals surface area contributed by atoms with Crippen LogP contribution in [-0.4, -0.2) is 33.4 Å². The monoisotopic (exact) mass is 166 g/mol. The van der Waals surface area contributed by atoms with Crippen LogP contribution in [0.25, 0.3) is 0 Å². The Morgan fingerprint density at radius 2 is 2.00 bits per heavy atom. The van der Waals surface area contributed by atoms with Gasteiger partial charge in [-0.2, -0.15) is 0 Å². The number of aliphatic carboxylic acids is 1. The van der Waals surface area contributed by atoms with Gasteiger partial charge in [-0.25, -0.2) is 4.79 Å². The second kappa shape index (κ2) is 2.98. The highest BCUT2D eigenvalue weighted by molar-refractivity contribution is 6.31. The van der Waals surface area contributed by atoms with Gasteiger partial charge in [-0.3, -0.25) is 4.79 Å². The Bertz CT molecular complexity index is 163. The predicted octanol–water partition coefficient (Wildman–Crippen LogP) is -0.370. The van der Waals surface area contributed by atoms with Gasteiger partial charge in [-0.15, -0.1) is 11.6 Å². The van der Waals surface area contributed by atoms with Crippen molar-refractivity contribution < 1.29 is 19.8 Å². The van der Waals surface area contributed by atoms with E-state index in [0.29, 0.717) is 0 Å². The standard InChI is InChI=1S/C5H7ClO4/c1-5(10,4(8)9)3(7)2-6/h10H,2H2,1H3,(H,8,9). The Labute approximate surface area is 62.4 Å². The van der Waals surface area contributed by atoms with Gasteiger partial charge in [0, 0.05) is 0 Å². The molecule has 0 fully saturated rings. The fraction of sp³-hybridized carbons (Fsp3) is 0.600. The molecule has 4 nitrogen and oxygen atoms in total. The zero-order valence-corrected chi connectivity index (χ0v) is 6.05. The van der Waals surface area contributed by atoms with Crippen molar-refractivity contribution in [2.75, 3.05) is 5.88 Å². The molecule has 0 aromatic carbocycles. The topological polar surface area (TPSA) is 74.6 Å². The quantitative estimate of drug-likeness (QED) is 0.443. The van der Waals surface area contributed by atoms with E-state index in [-0.39, 0.29) is 0 Å². The number of hydrogen-bond donors (Lipinski definition) is 2. The van der Waals surface area contributed by atoms with Crippen LogP contribution in [-0.2, 0) is 9.59 Å². The Hall–Kier alpha value is -0.610. The molecule has 2 N–H and O–H groups in total. The molecule has 0 aromatic heterocycles. The zero-order chi connectivity index (χ0) is 8.36. The van der Waals surface area contributed by atoms with E-state index < -0.39 is 23.2 Å². The van der Waals surface area contributed by atoms with Crippen LogP contribution in [0.5, 0.6) is 0 Å². The largest absolute Gasteiger partial charge is 0.479 e. The van der Waals surface area contributed by atoms with Crippen LogP contribution in [0.4, 0.5) is 0 Å². The summed E-state index contributed by atoms with van der Waals surface area (Å²) in [5.74, 6) is -3.00. The van der Waals surface area contributed by atoms with Gasteiger partial charge in [-0.1, -0.05) is 0 Å². The maximum absolute atomic E-state index is 10.5. The number of aliphatic hydroxyl groups is 1. The van der Waals surface area contributed by atoms with Crippen molar-refractivity contribution in [3.05, 3.63) is 0 Å². The Morgan fingerprint density at radius 3 is 2.10 bits per heavy atom. The van der Waals surface area contributed by atoms with Crippen molar-refractivity contribution >= 4 is 23.4 Å². The normalized spacial score (nSPS) is 15.9. The molecule has 0 aromatic rings. The van der Waals surface area contributed by atoms with Crippen LogP contribution < -0.4 is 0 Å². The highest BCUT2D eigenvalue weighted by atomic mass is 35.5. The molecule has 0 rings (SSSR count). The van der Waals surface area contributed by atoms with Crippen LogP contribution in [0, 0.1) is 0 Å². The minimum Gasteiger partial charge on any atom is -0.479 e. The first-order valence-corrected chi connectivity index (χ1v) is 3.01. The number of carbonyl (C=O) groups excluding carboxylic acids is 1. The van der Waals surface area contributed by atoms with Gasteiger partial charge in [0.05, 0.1) is 5.88 Å². The van der Waals surface area contributed by atoms with Crippen molar-refractivity contribution in [1.82, 2.24) is 0 Å². The summed E-state index contributed by atoms with van der Waals surface area (Å²) in [5.41, 5.74) is -2.35. The summed E-state index contributed by atoms with van der Waals surface area (Å²) >= 11 is 5.01. The van der Waals surface area contributed by atoms with Gasteiger partial charge in [0.2, 0.25) is 5.60 Å². The molecule has 1 unspecified atom stereocenters. The number of rotatable bonds is 3. The lowest BCUT2D eigenvalue weighted by Gasteiger charge is -2.13. The molecule has 5 heteroatoms. The summed E-state index contributed by atoms with van der Waals surface area (Å²) in [4.78, 5) is 20.6. The molecule has 0 aliphatic heterocycles. The van der Waals surface area contributed by atoms with Gasteiger partial charge in [-0.05, 0) is 6.92 Å². The van der Waals surface area contributed by atoms with E-state index in [2.05, 4.69) is 0 Å². The lowest BCUT2D eigenvalue weighted by molar-refractivity contribution is -0.162. The maximum atomic E-state index is 10.5. The Morgan fingerprint density at radius 1 is 1.60 bits per heavy atom. The smallest absolute Gasteiger partial charge is 0.343 e. The number of alkyl halides is 1. The number of carboxylic acids is 1. The van der Waals surface area contributed by atoms with Gasteiger partial charge in [0.1, 0.15) is 0 Å². The molecule has 0 saturated carbocycles. The first-order valence-electron chi connectivity index (χ1n) is 2.48. The maximum Gasteiger partial charge on any atom is 0.343 e. The molecule has 58 valence electrons. The van der Waals surface area contributed by atoms with Gasteiger partial charge in [0.15, 0.2) is 5.78 Å². The highest BCUT2D eigenvalue weighted by Crippen LogP contribution is 2.05. The first-order chi connectivity index (χ1) is 4.42. The second-order valence-corrected chi connectivity index (χ2v) is 2.20. The predicted molar refractivity (Wildman–Crippen MR) is 34.0 cm³/mol. The van der Waals surface area contributed by atoms with Crippen molar-refractivity contribution in [2.24, 2.45) is 0 Å². The number of Topliss-reactive ketones (excluding diaryl/α,β-unsaturated/α-hetero) is 1. The molecule has 0 spiro atoms. The van der Waals surface area contributed by atoms with Crippen LogP contribution in [0.1, 0.15) is 6.92 Å². The lowest BCUT2D eigenvalue weighted by Crippen LogP contribution is -2.44. The van der Waals surface area contributed by atoms with E-state index >= 15 is 0 Å². The third-order valence-electron chi connectivity index (χ3n) is 1.08. The first kappa shape index (κ1) is 9.39. The van der Waals surface area contributed by atoms with E-state index in [1.807, 2.05) is 0 Å². The minimum absolute atomic E-state index is 0.501. The van der Waals surface area contributed by atoms with E-state index in [1.54, 1.807) is 0 Å². The van der Waals surface area contributed by atoms with E-state index in [9.17, 15) is 9.59 Å². The van der Waals surface area contributed by atoms with E-state index in [1.165, 1.54) is 0 Å². The fourth-order valence-corrected chi connectivity index (χ4v) is 0.510. The van der Waals surface area contributed by atoms with Crippen LogP contribution in [0.2, 0.25) is 0 Å². The van der Waals surface area contributed by atoms with Crippen LogP contribution in [0.15, 0.2) is 0 Å². The molecule has 10 heavy (non-hydrogen) atoms. The van der Waals surface area contributed by atoms with Crippen LogP contribution >= 0.6 is 11.6 Å². The SMILES string of the molecule is CC(O)(C(=O)O)C(=O)CCl. The van der Waals surface area contributed by atoms with E-state index in [0.717, 1.165) is 6.92 Å². The van der Waals surface area contributed by atoms with E-state index in [4.69, 9.17) is 21.8 Å². The number of halogens is 1. The highest BCUT2D eigenvalue weighted by Gasteiger charge is 2.37. The summed E-state index contributed by atoms with van der Waals surface area (Å²) in [6.07, 6.45) is 0. The summed E-state index contributed by atoms with van der Waals surface area (Å²) in [6, 6.07) is 0. The molecule has 0 radical (unpaired) electrons. The average molecular weight is 167 g/mol. The van der Waals surface area contributed by atoms with Crippen molar-refractivity contribution in [3.8, 4) is 0 Å². The van der Waals surface area contributed by atoms with Crippen molar-refractivity contribution in [2.45, 2.75) is 12.5 Å². The summed E-state index contributed by atoms with van der Waals surface area (Å²) in [5, 5.41) is 17.0. The van der Waals surface area contributed by atoms with Crippen molar-refractivity contribution in [1.29, 1.82) is 0 Å². The molecule has 0 amide bonds. The summed E-state index contributed by atoms with van der Waals surface area (Å²) < 4.78 is 0. The molecular weight excluding hydrogens is 160 g/mol. The number of carboxylic acid groups (broad SMARTS) is 1. The molecule has 1 atom stereocenters. The summed E-state index contributed by atoms with van der Waals surface area (Å²) in [6.45, 7) is 0.889. The molecule has 0 aliphatic carbocycles. The number of hydrogen-bond acceptors (Lipinski definition) is 3. The molecule has 0 saturated heterocycles. The molecular formula is C5H7ClO4. The Kier molecular flexibility index (Phi) is 2.80. The summed E-state index contributed by atoms with van der Waals surface area (Å²) in [7, 11) is 0. The molecule has 0 heterocycles. The number of ketones is 1. The molecule has 0 aliphatic rings. The van der Waals surface area contributed by atoms with Gasteiger partial charge < -0.3 is 10.2 Å². The van der Waals surface area contributed by atoms with Crippen LogP contribution in [0.3, 0.4) is 0 Å². The van der Waals surface area contributed by atoms with Gasteiger partial charge >= 0.3 is 5.97 Å².